The molecule has 0 radical (unpaired) electrons. The smallest absolute Gasteiger partial charge is 0.293 e. The van der Waals surface area contributed by atoms with E-state index in [9.17, 15) is 9.28 Å². The molecule has 2 heterocycles. The molecule has 1 aliphatic heterocycles. The van der Waals surface area contributed by atoms with Crippen molar-refractivity contribution in [2.45, 2.75) is 0 Å². The molecule has 1 amide bonds. The number of amides is 1. The maximum atomic E-state index is 12.9. The summed E-state index contributed by atoms with van der Waals surface area (Å²) < 4.78 is 17.8. The average Bonchev–Trinajstić information content (AvgIpc) is 2.12. The topological polar surface area (TPSA) is 42.4 Å². The molecule has 0 aliphatic carbocycles. The van der Waals surface area contributed by atoms with Crippen LogP contribution in [0.25, 0.3) is 0 Å². The highest BCUT2D eigenvalue weighted by Gasteiger charge is 2.25. The molecule has 62 valence electrons. The number of anilines is 1. The van der Waals surface area contributed by atoms with Gasteiger partial charge in [0.05, 0.1) is 0 Å². The predicted molar refractivity (Wildman–Crippen MR) is 38.3 cm³/mol. The minimum Gasteiger partial charge on any atom is -0.466 e. The van der Waals surface area contributed by atoms with Crippen molar-refractivity contribution in [3.63, 3.8) is 0 Å². The number of carbonyl (C=O) groups excluding carboxylic acids is 1. The van der Waals surface area contributed by atoms with Crippen LogP contribution in [0.5, 0.6) is 5.88 Å². The first-order valence-corrected chi connectivity index (χ1v) is 3.35. The number of hydrogen-bond donors (Lipinski definition) is 0. The second-order valence-electron chi connectivity index (χ2n) is 2.29. The van der Waals surface area contributed by atoms with Crippen LogP contribution in [0, 0.1) is 0 Å². The number of rotatable bonds is 0. The van der Waals surface area contributed by atoms with Crippen LogP contribution in [-0.2, 0) is 4.79 Å². The van der Waals surface area contributed by atoms with Gasteiger partial charge in [0.2, 0.25) is 5.88 Å². The minimum atomic E-state index is -0.712. The Morgan fingerprint density at radius 2 is 2.50 bits per heavy atom. The lowest BCUT2D eigenvalue weighted by Crippen LogP contribution is -2.32. The largest absolute Gasteiger partial charge is 0.466 e. The Morgan fingerprint density at radius 1 is 1.67 bits per heavy atom. The van der Waals surface area contributed by atoms with Crippen LogP contribution >= 0.6 is 0 Å². The molecule has 0 fully saturated rings. The molecule has 1 aliphatic rings. The number of pyridine rings is 1. The van der Waals surface area contributed by atoms with Gasteiger partial charge in [0, 0.05) is 6.20 Å². The van der Waals surface area contributed by atoms with Crippen LogP contribution in [0.2, 0.25) is 0 Å². The Kier molecular flexibility index (Phi) is 1.43. The lowest BCUT2D eigenvalue weighted by molar-refractivity contribution is -0.124. The Labute approximate surface area is 67.5 Å². The van der Waals surface area contributed by atoms with Gasteiger partial charge in [-0.2, -0.15) is 0 Å². The molecule has 1 aromatic rings. The summed E-state index contributed by atoms with van der Waals surface area (Å²) in [6, 6.07) is 2.97. The highest BCUT2D eigenvalue weighted by atomic mass is 19.2. The van der Waals surface area contributed by atoms with Gasteiger partial charge < -0.3 is 4.74 Å². The van der Waals surface area contributed by atoms with Crippen molar-refractivity contribution in [2.75, 3.05) is 11.7 Å². The van der Waals surface area contributed by atoms with Gasteiger partial charge in [-0.3, -0.25) is 4.79 Å². The normalized spacial score (nSPS) is 15.4. The number of halogens is 1. The van der Waals surface area contributed by atoms with Crippen molar-refractivity contribution in [1.29, 1.82) is 0 Å². The van der Waals surface area contributed by atoms with Crippen LogP contribution in [0.3, 0.4) is 0 Å². The van der Waals surface area contributed by atoms with Crippen LogP contribution in [0.1, 0.15) is 0 Å². The predicted octanol–water partition coefficient (Wildman–Crippen LogP) is 0.692. The molecule has 1 aromatic heterocycles. The first-order valence-electron chi connectivity index (χ1n) is 3.35. The highest BCUT2D eigenvalue weighted by molar-refractivity contribution is 5.95. The van der Waals surface area contributed by atoms with Crippen molar-refractivity contribution >= 4 is 11.6 Å². The molecule has 0 saturated heterocycles. The highest BCUT2D eigenvalue weighted by Crippen LogP contribution is 2.28. The lowest BCUT2D eigenvalue weighted by atomic mass is 10.3. The van der Waals surface area contributed by atoms with E-state index in [1.165, 1.54) is 18.3 Å². The summed E-state index contributed by atoms with van der Waals surface area (Å²) in [5.41, 5.74) is 0.0637. The molecule has 0 N–H and O–H groups in total. The second-order valence-corrected chi connectivity index (χ2v) is 2.29. The number of aromatic nitrogens is 1. The first-order chi connectivity index (χ1) is 5.79. The van der Waals surface area contributed by atoms with Crippen molar-refractivity contribution in [2.24, 2.45) is 0 Å². The number of carbonyl (C=O) groups is 1. The molecule has 2 rings (SSSR count). The summed E-state index contributed by atoms with van der Waals surface area (Å²) in [7, 11) is 0. The quantitative estimate of drug-likeness (QED) is 0.535. The Hall–Kier alpha value is -1.65. The zero-order valence-corrected chi connectivity index (χ0v) is 6.03. The summed E-state index contributed by atoms with van der Waals surface area (Å²) in [4.78, 5) is 14.5. The summed E-state index contributed by atoms with van der Waals surface area (Å²) in [6.07, 6.45) is 1.47. The summed E-state index contributed by atoms with van der Waals surface area (Å²) in [5, 5.41) is 0.0475. The van der Waals surface area contributed by atoms with E-state index in [2.05, 4.69) is 4.98 Å². The fourth-order valence-electron chi connectivity index (χ4n) is 0.964. The number of hydrogen-bond acceptors (Lipinski definition) is 3. The number of ether oxygens (including phenoxy) is 1. The van der Waals surface area contributed by atoms with Crippen LogP contribution < -0.4 is 9.86 Å². The molecule has 0 bridgehead atoms. The monoisotopic (exact) mass is 168 g/mol. The van der Waals surface area contributed by atoms with Gasteiger partial charge in [-0.1, -0.05) is 4.48 Å². The molecule has 0 atom stereocenters. The fraction of sp³-hybridized carbons (Fsp3) is 0.143. The van der Waals surface area contributed by atoms with Gasteiger partial charge >= 0.3 is 0 Å². The third kappa shape index (κ3) is 0.903. The summed E-state index contributed by atoms with van der Waals surface area (Å²) >= 11 is 0. The molecule has 0 spiro atoms. The number of nitrogens with zero attached hydrogens (tertiary/aromatic N) is 2. The summed E-state index contributed by atoms with van der Waals surface area (Å²) in [5.74, 6) is -0.560. The average molecular weight is 168 g/mol. The molecule has 0 saturated carbocycles. The first kappa shape index (κ1) is 7.02. The Balaban J connectivity index is 2.48. The van der Waals surface area contributed by atoms with Gasteiger partial charge in [-0.05, 0) is 12.1 Å². The molecular formula is C7H5FN2O2. The van der Waals surface area contributed by atoms with Crippen molar-refractivity contribution in [3.05, 3.63) is 18.3 Å². The molecular weight excluding hydrogens is 163 g/mol. The van der Waals surface area contributed by atoms with E-state index in [1.807, 2.05) is 0 Å². The van der Waals surface area contributed by atoms with Crippen LogP contribution in [0.15, 0.2) is 18.3 Å². The third-order valence-electron chi connectivity index (χ3n) is 1.51. The molecule has 0 unspecified atom stereocenters. The van der Waals surface area contributed by atoms with Gasteiger partial charge in [0.1, 0.15) is 5.69 Å². The fourth-order valence-corrected chi connectivity index (χ4v) is 0.964. The molecule has 12 heavy (non-hydrogen) atoms. The number of fused-ring (bicyclic) bond motifs is 1. The van der Waals surface area contributed by atoms with Gasteiger partial charge in [0.25, 0.3) is 5.91 Å². The zero-order valence-electron chi connectivity index (χ0n) is 6.03. The van der Waals surface area contributed by atoms with Gasteiger partial charge in [-0.25, -0.2) is 4.98 Å². The molecule has 4 nitrogen and oxygen atoms in total. The van der Waals surface area contributed by atoms with Gasteiger partial charge in [-0.15, -0.1) is 5.12 Å². The van der Waals surface area contributed by atoms with Crippen molar-refractivity contribution in [1.82, 2.24) is 4.98 Å². The maximum absolute atomic E-state index is 12.9. The van der Waals surface area contributed by atoms with Crippen LogP contribution in [0.4, 0.5) is 10.2 Å². The maximum Gasteiger partial charge on any atom is 0.293 e. The van der Waals surface area contributed by atoms with E-state index in [0.717, 1.165) is 0 Å². The zero-order chi connectivity index (χ0) is 8.55. The van der Waals surface area contributed by atoms with Crippen molar-refractivity contribution in [3.8, 4) is 5.88 Å². The molecule has 5 heteroatoms. The van der Waals surface area contributed by atoms with E-state index >= 15 is 0 Å². The van der Waals surface area contributed by atoms with E-state index in [1.54, 1.807) is 0 Å². The van der Waals surface area contributed by atoms with E-state index in [4.69, 9.17) is 4.74 Å². The van der Waals surface area contributed by atoms with Crippen molar-refractivity contribution < 1.29 is 14.0 Å². The molecule has 0 aromatic carbocycles. The Morgan fingerprint density at radius 3 is 3.33 bits per heavy atom. The van der Waals surface area contributed by atoms with E-state index < -0.39 is 5.91 Å². The summed E-state index contributed by atoms with van der Waals surface area (Å²) in [6.45, 7) is -0.291. The van der Waals surface area contributed by atoms with E-state index in [0.29, 0.717) is 0 Å². The SMILES string of the molecule is O=C1COc2ncccc2N1F. The van der Waals surface area contributed by atoms with Gasteiger partial charge in [0.15, 0.2) is 6.61 Å². The standard InChI is InChI=1S/C7H5FN2O2/c8-10-5-2-1-3-9-7(5)12-4-6(10)11/h1-3H,4H2. The minimum absolute atomic E-state index is 0.0475. The lowest BCUT2D eigenvalue weighted by Gasteiger charge is -2.19. The van der Waals surface area contributed by atoms with E-state index in [-0.39, 0.29) is 23.3 Å². The Bertz CT molecular complexity index is 329. The third-order valence-corrected chi connectivity index (χ3v) is 1.51. The second kappa shape index (κ2) is 2.44. The van der Waals surface area contributed by atoms with Crippen LogP contribution in [-0.4, -0.2) is 17.5 Å².